The lowest BCUT2D eigenvalue weighted by atomic mass is 10.1. The molecule has 6 nitrogen and oxygen atoms in total. The molecule has 0 bridgehead atoms. The van der Waals surface area contributed by atoms with E-state index in [-0.39, 0.29) is 0 Å². The molecule has 0 unspecified atom stereocenters. The normalized spacial score (nSPS) is 15.7. The maximum Gasteiger partial charge on any atom is 0.191 e. The Morgan fingerprint density at radius 1 is 1.19 bits per heavy atom. The Morgan fingerprint density at radius 3 is 2.59 bits per heavy atom. The summed E-state index contributed by atoms with van der Waals surface area (Å²) in [6, 6.07) is 8.76. The Morgan fingerprint density at radius 2 is 1.93 bits per heavy atom. The van der Waals surface area contributed by atoms with Crippen LogP contribution in [-0.4, -0.2) is 48.7 Å². The largest absolute Gasteiger partial charge is 0.379 e. The number of benzene rings is 1. The average Bonchev–Trinajstić information content (AvgIpc) is 3.11. The molecule has 0 spiro atoms. The molecule has 1 aromatic carbocycles. The second kappa shape index (κ2) is 10.4. The predicted molar refractivity (Wildman–Crippen MR) is 111 cm³/mol. The van der Waals surface area contributed by atoms with Crippen molar-refractivity contribution in [1.29, 1.82) is 0 Å². The molecule has 2 N–H and O–H groups in total. The number of nitrogens with one attached hydrogen (secondary N) is 2. The lowest BCUT2D eigenvalue weighted by molar-refractivity contribution is 0.0342. The Balaban J connectivity index is 1.51. The quantitative estimate of drug-likeness (QED) is 0.565. The average molecular weight is 388 g/mol. The Labute approximate surface area is 165 Å². The molecule has 1 aliphatic rings. The molecule has 1 saturated heterocycles. The van der Waals surface area contributed by atoms with Gasteiger partial charge in [0.1, 0.15) is 5.01 Å². The van der Waals surface area contributed by atoms with Gasteiger partial charge in [-0.15, -0.1) is 11.3 Å². The molecule has 1 aliphatic heterocycles. The van der Waals surface area contributed by atoms with Crippen LogP contribution in [0.1, 0.15) is 27.9 Å². The molecule has 3 rings (SSSR count). The highest BCUT2D eigenvalue weighted by atomic mass is 32.1. The maximum absolute atomic E-state index is 5.41. The van der Waals surface area contributed by atoms with E-state index in [0.717, 1.165) is 50.4 Å². The van der Waals surface area contributed by atoms with Crippen LogP contribution in [0.3, 0.4) is 0 Å². The number of hydrogen-bond acceptors (Lipinski definition) is 5. The molecule has 0 atom stereocenters. The van der Waals surface area contributed by atoms with Crippen molar-refractivity contribution in [3.05, 3.63) is 51.5 Å². The highest BCUT2D eigenvalue weighted by Gasteiger charge is 2.10. The van der Waals surface area contributed by atoms with E-state index < -0.39 is 0 Å². The minimum Gasteiger partial charge on any atom is -0.379 e. The van der Waals surface area contributed by atoms with Crippen LogP contribution in [0.25, 0.3) is 0 Å². The summed E-state index contributed by atoms with van der Waals surface area (Å²) in [5, 5.41) is 7.72. The summed E-state index contributed by atoms with van der Waals surface area (Å²) >= 11 is 1.71. The number of aliphatic imine (C=N–C) groups is 1. The van der Waals surface area contributed by atoms with Crippen molar-refractivity contribution in [3.8, 4) is 0 Å². The van der Waals surface area contributed by atoms with E-state index in [9.17, 15) is 0 Å². The van der Waals surface area contributed by atoms with Crippen molar-refractivity contribution in [3.63, 3.8) is 0 Å². The molecule has 0 radical (unpaired) electrons. The number of thiazole rings is 1. The van der Waals surface area contributed by atoms with Crippen LogP contribution in [-0.2, 0) is 24.4 Å². The third-order valence-electron chi connectivity index (χ3n) is 4.37. The zero-order chi connectivity index (χ0) is 18.9. The second-order valence-corrected chi connectivity index (χ2v) is 7.94. The van der Waals surface area contributed by atoms with E-state index >= 15 is 0 Å². The summed E-state index contributed by atoms with van der Waals surface area (Å²) in [4.78, 5) is 12.7. The van der Waals surface area contributed by atoms with Gasteiger partial charge in [0.25, 0.3) is 0 Å². The van der Waals surface area contributed by atoms with E-state index in [2.05, 4.69) is 58.6 Å². The minimum absolute atomic E-state index is 0.657. The van der Waals surface area contributed by atoms with Gasteiger partial charge in [0.2, 0.25) is 0 Å². The number of nitrogens with zero attached hydrogens (tertiary/aromatic N) is 3. The number of aromatic nitrogens is 1. The minimum atomic E-state index is 0.657. The van der Waals surface area contributed by atoms with E-state index in [4.69, 9.17) is 9.73 Å². The molecule has 27 heavy (non-hydrogen) atoms. The molecule has 1 fully saturated rings. The van der Waals surface area contributed by atoms with Gasteiger partial charge < -0.3 is 15.4 Å². The fraction of sp³-hybridized carbons (Fsp3) is 0.500. The molecule has 7 heteroatoms. The molecule has 2 aromatic rings. The second-order valence-electron chi connectivity index (χ2n) is 6.62. The van der Waals surface area contributed by atoms with Crippen molar-refractivity contribution in [2.24, 2.45) is 4.99 Å². The summed E-state index contributed by atoms with van der Waals surface area (Å²) in [6.45, 7) is 11.0. The van der Waals surface area contributed by atoms with Gasteiger partial charge in [-0.05, 0) is 25.0 Å². The number of rotatable bonds is 7. The summed E-state index contributed by atoms with van der Waals surface area (Å²) < 4.78 is 5.41. The number of hydrogen-bond donors (Lipinski definition) is 2. The first-order valence-electron chi connectivity index (χ1n) is 9.54. The molecule has 0 amide bonds. The predicted octanol–water partition coefficient (Wildman–Crippen LogP) is 2.54. The van der Waals surface area contributed by atoms with Gasteiger partial charge in [0.15, 0.2) is 5.96 Å². The van der Waals surface area contributed by atoms with E-state index in [1.165, 1.54) is 16.0 Å². The van der Waals surface area contributed by atoms with Gasteiger partial charge in [-0.1, -0.05) is 24.3 Å². The van der Waals surface area contributed by atoms with Crippen LogP contribution < -0.4 is 10.6 Å². The third kappa shape index (κ3) is 6.61. The van der Waals surface area contributed by atoms with Gasteiger partial charge in [-0.2, -0.15) is 0 Å². The maximum atomic E-state index is 5.41. The first-order valence-corrected chi connectivity index (χ1v) is 10.4. The molecular weight excluding hydrogens is 358 g/mol. The van der Waals surface area contributed by atoms with Crippen molar-refractivity contribution in [2.45, 2.75) is 33.5 Å². The van der Waals surface area contributed by atoms with Crippen molar-refractivity contribution < 1.29 is 4.74 Å². The van der Waals surface area contributed by atoms with Crippen LogP contribution in [0, 0.1) is 6.92 Å². The molecule has 2 heterocycles. The zero-order valence-corrected chi connectivity index (χ0v) is 17.0. The number of aryl methyl sites for hydroxylation is 1. The third-order valence-corrected chi connectivity index (χ3v) is 5.29. The van der Waals surface area contributed by atoms with Gasteiger partial charge >= 0.3 is 0 Å². The van der Waals surface area contributed by atoms with Gasteiger partial charge in [0, 0.05) is 37.3 Å². The standard InChI is InChI=1S/C20H29N5OS/c1-3-21-20(24-14-19-22-12-16(2)27-19)23-13-17-4-6-18(7-5-17)15-25-8-10-26-11-9-25/h4-7,12H,3,8-11,13-15H2,1-2H3,(H2,21,23,24). The van der Waals surface area contributed by atoms with Crippen molar-refractivity contribution in [2.75, 3.05) is 32.8 Å². The first kappa shape index (κ1) is 19.8. The lowest BCUT2D eigenvalue weighted by Crippen LogP contribution is -2.36. The highest BCUT2D eigenvalue weighted by molar-refractivity contribution is 7.11. The number of ether oxygens (including phenoxy) is 1. The smallest absolute Gasteiger partial charge is 0.191 e. The SMILES string of the molecule is CCNC(=NCc1ccc(CN2CCOCC2)cc1)NCc1ncc(C)s1. The summed E-state index contributed by atoms with van der Waals surface area (Å²) in [5.74, 6) is 0.822. The van der Waals surface area contributed by atoms with Crippen LogP contribution in [0.4, 0.5) is 0 Å². The van der Waals surface area contributed by atoms with Crippen LogP contribution >= 0.6 is 11.3 Å². The molecule has 146 valence electrons. The van der Waals surface area contributed by atoms with Gasteiger partial charge in [0.05, 0.1) is 26.3 Å². The monoisotopic (exact) mass is 387 g/mol. The van der Waals surface area contributed by atoms with E-state index in [1.54, 1.807) is 11.3 Å². The lowest BCUT2D eigenvalue weighted by Gasteiger charge is -2.26. The fourth-order valence-electron chi connectivity index (χ4n) is 2.92. The first-order chi connectivity index (χ1) is 13.2. The van der Waals surface area contributed by atoms with Crippen molar-refractivity contribution >= 4 is 17.3 Å². The summed E-state index contributed by atoms with van der Waals surface area (Å²) in [5.41, 5.74) is 2.55. The van der Waals surface area contributed by atoms with Crippen LogP contribution in [0.5, 0.6) is 0 Å². The Kier molecular flexibility index (Phi) is 7.62. The fourth-order valence-corrected chi connectivity index (χ4v) is 3.65. The topological polar surface area (TPSA) is 61.8 Å². The Hall–Kier alpha value is -1.96. The molecule has 1 aromatic heterocycles. The molecular formula is C20H29N5OS. The summed E-state index contributed by atoms with van der Waals surface area (Å²) in [6.07, 6.45) is 1.91. The van der Waals surface area contributed by atoms with Gasteiger partial charge in [-0.25, -0.2) is 9.98 Å². The van der Waals surface area contributed by atoms with Crippen molar-refractivity contribution in [1.82, 2.24) is 20.5 Å². The number of guanidine groups is 1. The van der Waals surface area contributed by atoms with Crippen LogP contribution in [0.2, 0.25) is 0 Å². The molecule has 0 saturated carbocycles. The highest BCUT2D eigenvalue weighted by Crippen LogP contribution is 2.11. The van der Waals surface area contributed by atoms with E-state index in [0.29, 0.717) is 13.1 Å². The zero-order valence-electron chi connectivity index (χ0n) is 16.2. The summed E-state index contributed by atoms with van der Waals surface area (Å²) in [7, 11) is 0. The number of morpholine rings is 1. The Bertz CT molecular complexity index is 722. The van der Waals surface area contributed by atoms with Crippen LogP contribution in [0.15, 0.2) is 35.5 Å². The van der Waals surface area contributed by atoms with E-state index in [1.807, 2.05) is 6.20 Å². The molecule has 0 aliphatic carbocycles. The van der Waals surface area contributed by atoms with Gasteiger partial charge in [-0.3, -0.25) is 4.90 Å².